The smallest absolute Gasteiger partial charge is 0.324 e. The maximum absolute atomic E-state index is 12.0. The Morgan fingerprint density at radius 3 is 2.43 bits per heavy atom. The number of hydrogen-bond donors (Lipinski definition) is 2. The second kappa shape index (κ2) is 6.88. The Bertz CT molecular complexity index is 757. The van der Waals surface area contributed by atoms with E-state index in [-0.39, 0.29) is 9.88 Å². The van der Waals surface area contributed by atoms with Crippen LogP contribution in [0.15, 0.2) is 36.4 Å². The monoisotopic (exact) mass is 334 g/mol. The molecule has 2 aromatic rings. The van der Waals surface area contributed by atoms with Crippen molar-refractivity contribution in [2.45, 2.75) is 0 Å². The third-order valence-corrected chi connectivity index (χ3v) is 3.95. The maximum Gasteiger partial charge on any atom is 0.324 e. The number of hydrazine groups is 1. The van der Waals surface area contributed by atoms with Crippen LogP contribution in [0.25, 0.3) is 0 Å². The number of carbonyl (C=O) groups is 2. The molecule has 2 rings (SSSR count). The second-order valence-corrected chi connectivity index (χ2v) is 5.81. The van der Waals surface area contributed by atoms with E-state index in [1.807, 2.05) is 25.1 Å². The van der Waals surface area contributed by atoms with Crippen LogP contribution in [0.5, 0.6) is 0 Å². The van der Waals surface area contributed by atoms with Crippen molar-refractivity contribution in [1.82, 2.24) is 10.9 Å². The van der Waals surface area contributed by atoms with Crippen LogP contribution in [-0.4, -0.2) is 30.8 Å². The molecule has 2 N–H and O–H groups in total. The van der Waals surface area contributed by atoms with Crippen LogP contribution in [0.3, 0.4) is 0 Å². The first-order valence-electron chi connectivity index (χ1n) is 6.51. The van der Waals surface area contributed by atoms with E-state index < -0.39 is 16.7 Å². The van der Waals surface area contributed by atoms with Gasteiger partial charge < -0.3 is 4.90 Å². The molecule has 2 amide bonds. The molecule has 8 nitrogen and oxygen atoms in total. The van der Waals surface area contributed by atoms with Crippen molar-refractivity contribution in [3.8, 4) is 0 Å². The lowest BCUT2D eigenvalue weighted by atomic mass is 10.2. The first kappa shape index (κ1) is 16.4. The van der Waals surface area contributed by atoms with Crippen molar-refractivity contribution in [2.24, 2.45) is 0 Å². The van der Waals surface area contributed by atoms with E-state index in [0.29, 0.717) is 5.56 Å². The third-order valence-electron chi connectivity index (χ3n) is 2.91. The Morgan fingerprint density at radius 2 is 1.83 bits per heavy atom. The number of benzene rings is 1. The highest BCUT2D eigenvalue weighted by molar-refractivity contribution is 7.17. The number of nitrogens with zero attached hydrogens (tertiary/aromatic N) is 2. The van der Waals surface area contributed by atoms with E-state index >= 15 is 0 Å². The molecule has 0 saturated carbocycles. The molecular weight excluding hydrogens is 320 g/mol. The fraction of sp³-hybridized carbons (Fsp3) is 0.143. The minimum atomic E-state index is -0.611. The molecule has 23 heavy (non-hydrogen) atoms. The molecule has 120 valence electrons. The summed E-state index contributed by atoms with van der Waals surface area (Å²) in [5.41, 5.74) is 5.74. The molecule has 0 atom stereocenters. The van der Waals surface area contributed by atoms with Gasteiger partial charge in [-0.3, -0.25) is 30.6 Å². The van der Waals surface area contributed by atoms with E-state index in [1.54, 1.807) is 18.2 Å². The third kappa shape index (κ3) is 4.04. The molecular formula is C14H14N4O4S. The number of nitro groups is 1. The van der Waals surface area contributed by atoms with Gasteiger partial charge in [0.15, 0.2) is 0 Å². The van der Waals surface area contributed by atoms with Crippen LogP contribution in [0.4, 0.5) is 10.7 Å². The van der Waals surface area contributed by atoms with Gasteiger partial charge in [-0.15, -0.1) is 0 Å². The molecule has 0 saturated heterocycles. The normalized spacial score (nSPS) is 10.0. The zero-order valence-corrected chi connectivity index (χ0v) is 13.2. The Hall–Kier alpha value is -2.94. The molecule has 0 aliphatic rings. The van der Waals surface area contributed by atoms with Gasteiger partial charge in [0, 0.05) is 31.4 Å². The topological polar surface area (TPSA) is 105 Å². The van der Waals surface area contributed by atoms with Crippen molar-refractivity contribution >= 4 is 33.8 Å². The predicted octanol–water partition coefficient (Wildman–Crippen LogP) is 1.80. The number of thiophene rings is 1. The highest BCUT2D eigenvalue weighted by Crippen LogP contribution is 2.23. The van der Waals surface area contributed by atoms with Gasteiger partial charge in [0.1, 0.15) is 4.88 Å². The van der Waals surface area contributed by atoms with Gasteiger partial charge in [-0.25, -0.2) is 0 Å². The number of anilines is 1. The molecule has 0 aliphatic carbocycles. The van der Waals surface area contributed by atoms with E-state index in [0.717, 1.165) is 17.0 Å². The van der Waals surface area contributed by atoms with Gasteiger partial charge in [0.2, 0.25) is 0 Å². The van der Waals surface area contributed by atoms with E-state index in [1.165, 1.54) is 12.1 Å². The standard InChI is InChI=1S/C14H14N4O4S/c1-17(2)10-5-3-4-9(8-10)13(19)15-16-14(20)11-6-7-12(23-11)18(21)22/h3-8H,1-2H3,(H,15,19)(H,16,20). The van der Waals surface area contributed by atoms with Crippen LogP contribution >= 0.6 is 11.3 Å². The molecule has 9 heteroatoms. The van der Waals surface area contributed by atoms with Gasteiger partial charge in [-0.1, -0.05) is 17.4 Å². The SMILES string of the molecule is CN(C)c1cccc(C(=O)NNC(=O)c2ccc([N+](=O)[O-])s2)c1. The lowest BCUT2D eigenvalue weighted by molar-refractivity contribution is -0.380. The molecule has 0 spiro atoms. The molecule has 0 radical (unpaired) electrons. The van der Waals surface area contributed by atoms with Crippen LogP contribution in [-0.2, 0) is 0 Å². The summed E-state index contributed by atoms with van der Waals surface area (Å²) in [6.07, 6.45) is 0. The minimum Gasteiger partial charge on any atom is -0.378 e. The van der Waals surface area contributed by atoms with Crippen LogP contribution in [0.2, 0.25) is 0 Å². The number of rotatable bonds is 4. The van der Waals surface area contributed by atoms with Gasteiger partial charge >= 0.3 is 5.00 Å². The number of amides is 2. The Morgan fingerprint density at radius 1 is 1.13 bits per heavy atom. The molecule has 1 heterocycles. The average Bonchev–Trinajstić information content (AvgIpc) is 3.02. The number of nitrogens with one attached hydrogen (secondary N) is 2. The van der Waals surface area contributed by atoms with Gasteiger partial charge in [-0.05, 0) is 24.3 Å². The quantitative estimate of drug-likeness (QED) is 0.655. The number of hydrogen-bond acceptors (Lipinski definition) is 6. The minimum absolute atomic E-state index is 0.138. The average molecular weight is 334 g/mol. The van der Waals surface area contributed by atoms with Gasteiger partial charge in [0.05, 0.1) is 4.92 Å². The van der Waals surface area contributed by atoms with Gasteiger partial charge in [-0.2, -0.15) is 0 Å². The van der Waals surface area contributed by atoms with Crippen molar-refractivity contribution in [3.63, 3.8) is 0 Å². The summed E-state index contributed by atoms with van der Waals surface area (Å²) in [5, 5.41) is 10.4. The lowest BCUT2D eigenvalue weighted by Crippen LogP contribution is -2.41. The summed E-state index contributed by atoms with van der Waals surface area (Å²) in [6, 6.07) is 9.44. The Labute approximate surface area is 135 Å². The van der Waals surface area contributed by atoms with Crippen LogP contribution < -0.4 is 15.8 Å². The summed E-state index contributed by atoms with van der Waals surface area (Å²) in [6.45, 7) is 0. The summed E-state index contributed by atoms with van der Waals surface area (Å²) in [7, 11) is 3.70. The fourth-order valence-corrected chi connectivity index (χ4v) is 2.44. The summed E-state index contributed by atoms with van der Waals surface area (Å²) < 4.78 is 0. The molecule has 0 bridgehead atoms. The van der Waals surface area contributed by atoms with E-state index in [9.17, 15) is 19.7 Å². The van der Waals surface area contributed by atoms with E-state index in [2.05, 4.69) is 10.9 Å². The van der Waals surface area contributed by atoms with E-state index in [4.69, 9.17) is 0 Å². The second-order valence-electron chi connectivity index (χ2n) is 4.75. The van der Waals surface area contributed by atoms with Crippen molar-refractivity contribution < 1.29 is 14.5 Å². The molecule has 0 unspecified atom stereocenters. The van der Waals surface area contributed by atoms with Crippen molar-refractivity contribution in [2.75, 3.05) is 19.0 Å². The molecule has 0 fully saturated rings. The first-order valence-corrected chi connectivity index (χ1v) is 7.32. The Balaban J connectivity index is 1.99. The highest BCUT2D eigenvalue weighted by Gasteiger charge is 2.16. The van der Waals surface area contributed by atoms with Crippen LogP contribution in [0.1, 0.15) is 20.0 Å². The summed E-state index contributed by atoms with van der Waals surface area (Å²) in [4.78, 5) is 35.9. The molecule has 1 aromatic heterocycles. The van der Waals surface area contributed by atoms with Gasteiger partial charge in [0.25, 0.3) is 11.8 Å². The summed E-state index contributed by atoms with van der Waals surface area (Å²) in [5.74, 6) is -1.09. The fourth-order valence-electron chi connectivity index (χ4n) is 1.72. The summed E-state index contributed by atoms with van der Waals surface area (Å²) >= 11 is 0.734. The highest BCUT2D eigenvalue weighted by atomic mass is 32.1. The lowest BCUT2D eigenvalue weighted by Gasteiger charge is -2.13. The number of carbonyl (C=O) groups excluding carboxylic acids is 2. The zero-order valence-electron chi connectivity index (χ0n) is 12.4. The first-order chi connectivity index (χ1) is 10.9. The molecule has 0 aliphatic heterocycles. The predicted molar refractivity (Wildman–Crippen MR) is 86.7 cm³/mol. The maximum atomic E-state index is 12.0. The zero-order chi connectivity index (χ0) is 17.0. The largest absolute Gasteiger partial charge is 0.378 e. The van der Waals surface area contributed by atoms with Crippen molar-refractivity contribution in [1.29, 1.82) is 0 Å². The molecule has 1 aromatic carbocycles. The Kier molecular flexibility index (Phi) is 4.91. The van der Waals surface area contributed by atoms with Crippen molar-refractivity contribution in [3.05, 3.63) is 57.0 Å². The van der Waals surface area contributed by atoms with Crippen LogP contribution in [0, 0.1) is 10.1 Å².